The molecule has 0 bridgehead atoms. The van der Waals surface area contributed by atoms with Gasteiger partial charge in [0.05, 0.1) is 11.4 Å². The number of alkyl halides is 2. The highest BCUT2D eigenvalue weighted by Gasteiger charge is 2.54. The van der Waals surface area contributed by atoms with Crippen LogP contribution in [0.25, 0.3) is 0 Å². The molecule has 2 aromatic carbocycles. The van der Waals surface area contributed by atoms with Crippen LogP contribution in [0.3, 0.4) is 0 Å². The van der Waals surface area contributed by atoms with Gasteiger partial charge >= 0.3 is 18.1 Å². The van der Waals surface area contributed by atoms with Gasteiger partial charge < -0.3 is 20.1 Å². The molecule has 296 valence electrons. The number of imide groups is 1. The van der Waals surface area contributed by atoms with Gasteiger partial charge in [-0.25, -0.2) is 9.59 Å². The van der Waals surface area contributed by atoms with E-state index in [1.54, 1.807) is 113 Å². The van der Waals surface area contributed by atoms with Crippen molar-refractivity contribution in [2.75, 3.05) is 0 Å². The summed E-state index contributed by atoms with van der Waals surface area (Å²) in [6.07, 6.45) is -0.396. The van der Waals surface area contributed by atoms with Crippen molar-refractivity contribution < 1.29 is 42.2 Å². The van der Waals surface area contributed by atoms with E-state index < -0.39 is 78.5 Å². The maximum absolute atomic E-state index is 17.0. The van der Waals surface area contributed by atoms with Gasteiger partial charge in [-0.05, 0) is 60.1 Å². The second-order valence-electron chi connectivity index (χ2n) is 13.8. The fourth-order valence-electron chi connectivity index (χ4n) is 5.80. The SMILES string of the molecule is CC(C)[C@H](NC(=O)OCc1ccccn1)C(=O)N(C(=O)[C@@H](NC(=O)OCc1ccccn1)C(C)C)[C@@H](Cc1ccccc1)C(F)(F)C(=O)CCc1ccccc1. The summed E-state index contributed by atoms with van der Waals surface area (Å²) in [6.45, 7) is 5.66. The van der Waals surface area contributed by atoms with Gasteiger partial charge in [0.15, 0.2) is 0 Å². The lowest BCUT2D eigenvalue weighted by Crippen LogP contribution is -2.65. The summed E-state index contributed by atoms with van der Waals surface area (Å²) < 4.78 is 44.5. The van der Waals surface area contributed by atoms with Gasteiger partial charge in [0.25, 0.3) is 11.8 Å². The van der Waals surface area contributed by atoms with Crippen molar-refractivity contribution in [2.24, 2.45) is 11.8 Å². The van der Waals surface area contributed by atoms with Gasteiger partial charge in [-0.3, -0.25) is 29.3 Å². The van der Waals surface area contributed by atoms with Gasteiger partial charge in [-0.1, -0.05) is 100 Å². The lowest BCUT2D eigenvalue weighted by atomic mass is 9.90. The number of alkyl carbamates (subject to hydrolysis) is 2. The van der Waals surface area contributed by atoms with E-state index in [0.717, 1.165) is 0 Å². The van der Waals surface area contributed by atoms with Crippen LogP contribution in [0.15, 0.2) is 109 Å². The monoisotopic (exact) mass is 771 g/mol. The molecule has 3 atom stereocenters. The van der Waals surface area contributed by atoms with Gasteiger partial charge in [-0.15, -0.1) is 0 Å². The minimum Gasteiger partial charge on any atom is -0.443 e. The molecule has 2 heterocycles. The average molecular weight is 772 g/mol. The molecule has 0 unspecified atom stereocenters. The molecule has 0 fully saturated rings. The lowest BCUT2D eigenvalue weighted by molar-refractivity contribution is -0.169. The van der Waals surface area contributed by atoms with Gasteiger partial charge in [0.2, 0.25) is 5.78 Å². The molecule has 4 aromatic rings. The number of nitrogens with one attached hydrogen (secondary N) is 2. The van der Waals surface area contributed by atoms with E-state index in [2.05, 4.69) is 20.6 Å². The topological polar surface area (TPSA) is 157 Å². The Labute approximate surface area is 325 Å². The van der Waals surface area contributed by atoms with Crippen molar-refractivity contribution in [3.8, 4) is 0 Å². The first-order chi connectivity index (χ1) is 26.8. The third-order valence-electron chi connectivity index (χ3n) is 8.90. The quantitative estimate of drug-likeness (QED) is 0.116. The lowest BCUT2D eigenvalue weighted by Gasteiger charge is -2.39. The Morgan fingerprint density at radius 2 is 1.07 bits per heavy atom. The Kier molecular flexibility index (Phi) is 15.7. The fourth-order valence-corrected chi connectivity index (χ4v) is 5.80. The smallest absolute Gasteiger partial charge is 0.408 e. The van der Waals surface area contributed by atoms with Crippen LogP contribution in [-0.2, 0) is 49.9 Å². The van der Waals surface area contributed by atoms with Gasteiger partial charge in [-0.2, -0.15) is 8.78 Å². The molecule has 4 rings (SSSR count). The van der Waals surface area contributed by atoms with Crippen LogP contribution in [0.4, 0.5) is 18.4 Å². The number of ketones is 1. The molecule has 0 saturated carbocycles. The number of carbonyl (C=O) groups excluding carboxylic acids is 5. The number of rotatable bonds is 18. The van der Waals surface area contributed by atoms with Gasteiger partial charge in [0, 0.05) is 18.8 Å². The molecule has 14 heteroatoms. The zero-order valence-electron chi connectivity index (χ0n) is 31.8. The number of aryl methyl sites for hydroxylation is 1. The van der Waals surface area contributed by atoms with Crippen LogP contribution >= 0.6 is 0 Å². The maximum atomic E-state index is 17.0. The normalized spacial score (nSPS) is 12.9. The number of hydrogen-bond donors (Lipinski definition) is 2. The molecule has 0 aliphatic rings. The number of halogens is 2. The zero-order chi connectivity index (χ0) is 40.7. The first kappa shape index (κ1) is 42.7. The predicted molar refractivity (Wildman–Crippen MR) is 203 cm³/mol. The Bertz CT molecular complexity index is 1800. The highest BCUT2D eigenvalue weighted by Crippen LogP contribution is 2.32. The van der Waals surface area contributed by atoms with Crippen LogP contribution in [0.2, 0.25) is 0 Å². The van der Waals surface area contributed by atoms with Crippen LogP contribution in [0.1, 0.15) is 56.6 Å². The van der Waals surface area contributed by atoms with E-state index in [1.807, 2.05) is 0 Å². The number of benzene rings is 2. The number of Topliss-reactive ketones (excluding diaryl/α,β-unsaturated/α-hetero) is 1. The number of carbonyl (C=O) groups is 5. The third-order valence-corrected chi connectivity index (χ3v) is 8.90. The van der Waals surface area contributed by atoms with E-state index in [1.165, 1.54) is 24.5 Å². The second-order valence-corrected chi connectivity index (χ2v) is 13.8. The highest BCUT2D eigenvalue weighted by atomic mass is 19.3. The fraction of sp³-hybridized carbons (Fsp3) is 0.357. The van der Waals surface area contributed by atoms with Crippen molar-refractivity contribution in [3.05, 3.63) is 132 Å². The summed E-state index contributed by atoms with van der Waals surface area (Å²) in [5.41, 5.74) is 1.75. The number of amides is 4. The standard InChI is InChI=1S/C42H47F2N5O7/c1-28(2)36(47-40(53)55-26-32-19-11-13-23-45-32)38(51)49(39(52)37(29(3)4)48-41(54)56-27-33-20-12-14-24-46-33)34(25-31-17-9-6-10-18-31)42(43,44)35(50)22-21-30-15-7-5-8-16-30/h5-20,23-24,28-29,34,36-37H,21-22,25-27H2,1-4H3,(H,47,53)(H,48,54)/t34-,36-,37-/m0/s1. The minimum atomic E-state index is -4.29. The molecule has 0 radical (unpaired) electrons. The third kappa shape index (κ3) is 12.2. The Morgan fingerprint density at radius 3 is 1.48 bits per heavy atom. The number of aromatic nitrogens is 2. The molecule has 2 N–H and O–H groups in total. The molecule has 0 spiro atoms. The first-order valence-corrected chi connectivity index (χ1v) is 18.3. The van der Waals surface area contributed by atoms with E-state index >= 15 is 8.78 Å². The van der Waals surface area contributed by atoms with Crippen molar-refractivity contribution in [1.29, 1.82) is 0 Å². The second kappa shape index (κ2) is 20.6. The summed E-state index contributed by atoms with van der Waals surface area (Å²) in [5.74, 6) is -9.79. The predicted octanol–water partition coefficient (Wildman–Crippen LogP) is 6.48. The van der Waals surface area contributed by atoms with E-state index in [0.29, 0.717) is 27.4 Å². The number of nitrogens with zero attached hydrogens (tertiary/aromatic N) is 3. The summed E-state index contributed by atoms with van der Waals surface area (Å²) in [5, 5.41) is 4.87. The summed E-state index contributed by atoms with van der Waals surface area (Å²) in [4.78, 5) is 77.9. The Hall–Kier alpha value is -6.05. The molecule has 12 nitrogen and oxygen atoms in total. The number of hydrogen-bond acceptors (Lipinski definition) is 9. The number of pyridine rings is 2. The van der Waals surface area contributed by atoms with E-state index in [9.17, 15) is 24.0 Å². The van der Waals surface area contributed by atoms with Crippen molar-refractivity contribution >= 4 is 29.8 Å². The molecule has 2 aromatic heterocycles. The minimum absolute atomic E-state index is 0.0220. The summed E-state index contributed by atoms with van der Waals surface area (Å²) in [7, 11) is 0. The maximum Gasteiger partial charge on any atom is 0.408 e. The zero-order valence-corrected chi connectivity index (χ0v) is 31.8. The summed E-state index contributed by atoms with van der Waals surface area (Å²) >= 11 is 0. The van der Waals surface area contributed by atoms with E-state index in [4.69, 9.17) is 9.47 Å². The van der Waals surface area contributed by atoms with Crippen molar-refractivity contribution in [3.63, 3.8) is 0 Å². The number of ether oxygens (including phenoxy) is 2. The van der Waals surface area contributed by atoms with Crippen LogP contribution < -0.4 is 10.6 Å². The molecular formula is C42H47F2N5O7. The summed E-state index contributed by atoms with van der Waals surface area (Å²) in [6, 6.07) is 20.9. The largest absolute Gasteiger partial charge is 0.443 e. The van der Waals surface area contributed by atoms with Crippen LogP contribution in [-0.4, -0.2) is 68.7 Å². The molecule has 4 amide bonds. The molecule has 0 saturated heterocycles. The van der Waals surface area contributed by atoms with Crippen molar-refractivity contribution in [1.82, 2.24) is 25.5 Å². The molecule has 0 aliphatic carbocycles. The van der Waals surface area contributed by atoms with Crippen LogP contribution in [0.5, 0.6) is 0 Å². The first-order valence-electron chi connectivity index (χ1n) is 18.3. The Balaban J connectivity index is 1.74. The van der Waals surface area contributed by atoms with Crippen molar-refractivity contribution in [2.45, 2.75) is 84.2 Å². The van der Waals surface area contributed by atoms with E-state index in [-0.39, 0.29) is 19.6 Å². The van der Waals surface area contributed by atoms with Gasteiger partial charge in [0.1, 0.15) is 31.3 Å². The Morgan fingerprint density at radius 1 is 0.643 bits per heavy atom. The molecule has 0 aliphatic heterocycles. The molecular weight excluding hydrogens is 724 g/mol. The highest BCUT2D eigenvalue weighted by molar-refractivity contribution is 6.03. The van der Waals surface area contributed by atoms with Crippen LogP contribution in [0, 0.1) is 11.8 Å². The molecule has 56 heavy (non-hydrogen) atoms. The average Bonchev–Trinajstić information content (AvgIpc) is 3.20.